The second-order valence-electron chi connectivity index (χ2n) is 5.10. The lowest BCUT2D eigenvalue weighted by Crippen LogP contribution is -2.49. The fraction of sp³-hybridized carbons (Fsp3) is 0.500. The van der Waals surface area contributed by atoms with Crippen LogP contribution >= 0.6 is 12.4 Å². The number of nitrogens with zero attached hydrogens (tertiary/aromatic N) is 2. The average Bonchev–Trinajstić information content (AvgIpc) is 2.52. The van der Waals surface area contributed by atoms with Crippen molar-refractivity contribution >= 4 is 29.7 Å². The Hall–Kier alpha value is -1.86. The number of carbonyl (C=O) groups is 1. The summed E-state index contributed by atoms with van der Waals surface area (Å²) in [4.78, 5) is 24.5. The molecule has 1 saturated heterocycles. The van der Waals surface area contributed by atoms with Crippen molar-refractivity contribution in [2.75, 3.05) is 25.0 Å². The van der Waals surface area contributed by atoms with E-state index < -0.39 is 4.92 Å². The van der Waals surface area contributed by atoms with Crippen LogP contribution in [0.15, 0.2) is 24.3 Å². The molecule has 22 heavy (non-hydrogen) atoms. The predicted molar refractivity (Wildman–Crippen MR) is 87.2 cm³/mol. The van der Waals surface area contributed by atoms with Crippen LogP contribution in [0, 0.1) is 10.1 Å². The van der Waals surface area contributed by atoms with E-state index in [9.17, 15) is 14.9 Å². The van der Waals surface area contributed by atoms with Gasteiger partial charge in [-0.1, -0.05) is 12.1 Å². The molecule has 7 nitrogen and oxygen atoms in total. The van der Waals surface area contributed by atoms with Gasteiger partial charge in [-0.15, -0.1) is 12.4 Å². The molecule has 1 aliphatic rings. The first kappa shape index (κ1) is 18.2. The number of nitrogens with one attached hydrogen (secondary N) is 1. The minimum absolute atomic E-state index is 0. The smallest absolute Gasteiger partial charge is 0.292 e. The van der Waals surface area contributed by atoms with Crippen LogP contribution in [-0.4, -0.2) is 41.4 Å². The van der Waals surface area contributed by atoms with Gasteiger partial charge in [-0.2, -0.15) is 0 Å². The van der Waals surface area contributed by atoms with Crippen molar-refractivity contribution in [2.24, 2.45) is 5.73 Å². The first-order valence-electron chi connectivity index (χ1n) is 7.10. The largest absolute Gasteiger partial charge is 0.371 e. The number of benzene rings is 1. The van der Waals surface area contributed by atoms with Gasteiger partial charge in [0.15, 0.2) is 0 Å². The highest BCUT2D eigenvalue weighted by Gasteiger charge is 2.25. The monoisotopic (exact) mass is 328 g/mol. The number of carbonyl (C=O) groups excluding carboxylic acids is 1. The molecule has 1 unspecified atom stereocenters. The van der Waals surface area contributed by atoms with Gasteiger partial charge in [-0.05, 0) is 25.3 Å². The van der Waals surface area contributed by atoms with Crippen LogP contribution in [0.1, 0.15) is 19.3 Å². The highest BCUT2D eigenvalue weighted by atomic mass is 35.5. The van der Waals surface area contributed by atoms with Crippen molar-refractivity contribution in [3.8, 4) is 0 Å². The number of amides is 1. The number of nitro benzene ring substituents is 1. The second-order valence-corrected chi connectivity index (χ2v) is 5.10. The zero-order valence-electron chi connectivity index (χ0n) is 12.2. The van der Waals surface area contributed by atoms with Gasteiger partial charge in [-0.3, -0.25) is 14.9 Å². The van der Waals surface area contributed by atoms with Crippen LogP contribution in [0.3, 0.4) is 0 Å². The quantitative estimate of drug-likeness (QED) is 0.633. The van der Waals surface area contributed by atoms with Gasteiger partial charge in [0.25, 0.3) is 5.69 Å². The molecule has 1 fully saturated rings. The van der Waals surface area contributed by atoms with Crippen LogP contribution < -0.4 is 11.1 Å². The Morgan fingerprint density at radius 3 is 2.82 bits per heavy atom. The zero-order chi connectivity index (χ0) is 15.2. The summed E-state index contributed by atoms with van der Waals surface area (Å²) >= 11 is 0. The Morgan fingerprint density at radius 1 is 1.41 bits per heavy atom. The van der Waals surface area contributed by atoms with Gasteiger partial charge in [0.1, 0.15) is 5.69 Å². The molecule has 3 N–H and O–H groups in total. The van der Waals surface area contributed by atoms with E-state index in [0.717, 1.165) is 19.3 Å². The highest BCUT2D eigenvalue weighted by molar-refractivity contribution is 5.85. The normalized spacial score (nSPS) is 17.5. The molecule has 0 aromatic heterocycles. The van der Waals surface area contributed by atoms with Gasteiger partial charge in [-0.25, -0.2) is 0 Å². The Balaban J connectivity index is 0.00000242. The lowest BCUT2D eigenvalue weighted by atomic mass is 10.0. The van der Waals surface area contributed by atoms with Gasteiger partial charge in [0, 0.05) is 25.2 Å². The summed E-state index contributed by atoms with van der Waals surface area (Å²) in [5.41, 5.74) is 6.03. The number of nitro groups is 1. The van der Waals surface area contributed by atoms with Crippen LogP contribution in [0.2, 0.25) is 0 Å². The van der Waals surface area contributed by atoms with Crippen molar-refractivity contribution in [3.63, 3.8) is 0 Å². The number of hydrogen-bond acceptors (Lipinski definition) is 5. The third kappa shape index (κ3) is 4.32. The molecule has 1 atom stereocenters. The van der Waals surface area contributed by atoms with E-state index >= 15 is 0 Å². The van der Waals surface area contributed by atoms with Gasteiger partial charge < -0.3 is 16.0 Å². The average molecular weight is 329 g/mol. The van der Waals surface area contributed by atoms with Crippen molar-refractivity contribution < 1.29 is 9.72 Å². The molecule has 0 radical (unpaired) electrons. The summed E-state index contributed by atoms with van der Waals surface area (Å²) in [6, 6.07) is 6.39. The van der Waals surface area contributed by atoms with Crippen molar-refractivity contribution in [1.29, 1.82) is 0 Å². The maximum atomic E-state index is 12.3. The Bertz CT molecular complexity index is 527. The first-order chi connectivity index (χ1) is 10.1. The van der Waals surface area contributed by atoms with E-state index in [4.69, 9.17) is 5.73 Å². The fourth-order valence-electron chi connectivity index (χ4n) is 2.63. The molecular formula is C14H21ClN4O3. The molecule has 1 amide bonds. The van der Waals surface area contributed by atoms with Crippen LogP contribution in [0.4, 0.5) is 11.4 Å². The molecule has 1 aromatic rings. The topological polar surface area (TPSA) is 102 Å². The Morgan fingerprint density at radius 2 is 2.14 bits per heavy atom. The van der Waals surface area contributed by atoms with E-state index in [1.54, 1.807) is 23.1 Å². The predicted octanol–water partition coefficient (Wildman–Crippen LogP) is 1.77. The number of likely N-dealkylation sites (tertiary alicyclic amines) is 1. The van der Waals surface area contributed by atoms with E-state index in [1.165, 1.54) is 6.07 Å². The molecule has 1 aromatic carbocycles. The molecule has 0 saturated carbocycles. The van der Waals surface area contributed by atoms with Crippen molar-refractivity contribution in [2.45, 2.75) is 25.3 Å². The standard InChI is InChI=1S/C14H20N4O3.ClH/c15-9-11-5-3-4-8-17(11)14(19)10-16-12-6-1-2-7-13(12)18(20)21;/h1-2,6-7,11,16H,3-5,8-10,15H2;1H. The summed E-state index contributed by atoms with van der Waals surface area (Å²) in [6.45, 7) is 1.21. The minimum Gasteiger partial charge on any atom is -0.371 e. The Labute approximate surface area is 135 Å². The first-order valence-corrected chi connectivity index (χ1v) is 7.10. The highest BCUT2D eigenvalue weighted by Crippen LogP contribution is 2.23. The zero-order valence-corrected chi connectivity index (χ0v) is 13.1. The summed E-state index contributed by atoms with van der Waals surface area (Å²) < 4.78 is 0. The maximum Gasteiger partial charge on any atom is 0.292 e. The van der Waals surface area contributed by atoms with E-state index in [-0.39, 0.29) is 36.6 Å². The summed E-state index contributed by atoms with van der Waals surface area (Å²) in [7, 11) is 0. The molecule has 1 aliphatic heterocycles. The third-order valence-corrected chi connectivity index (χ3v) is 3.75. The molecule has 1 heterocycles. The second kappa shape index (κ2) is 8.55. The summed E-state index contributed by atoms with van der Waals surface area (Å²) in [6.07, 6.45) is 2.99. The van der Waals surface area contributed by atoms with Crippen molar-refractivity contribution in [1.82, 2.24) is 4.90 Å². The lowest BCUT2D eigenvalue weighted by molar-refractivity contribution is -0.383. The third-order valence-electron chi connectivity index (χ3n) is 3.75. The molecule has 8 heteroatoms. The van der Waals surface area contributed by atoms with Gasteiger partial charge in [0.2, 0.25) is 5.91 Å². The molecule has 2 rings (SSSR count). The van der Waals surface area contributed by atoms with E-state index in [1.807, 2.05) is 0 Å². The van der Waals surface area contributed by atoms with E-state index in [0.29, 0.717) is 18.8 Å². The molecular weight excluding hydrogens is 308 g/mol. The Kier molecular flexibility index (Phi) is 7.07. The fourth-order valence-corrected chi connectivity index (χ4v) is 2.63. The molecule has 0 spiro atoms. The molecule has 122 valence electrons. The van der Waals surface area contributed by atoms with E-state index in [2.05, 4.69) is 5.32 Å². The number of para-hydroxylation sites is 2. The lowest BCUT2D eigenvalue weighted by Gasteiger charge is -2.35. The number of hydrogen-bond donors (Lipinski definition) is 2. The minimum atomic E-state index is -0.462. The summed E-state index contributed by atoms with van der Waals surface area (Å²) in [5, 5.41) is 13.8. The van der Waals surface area contributed by atoms with Gasteiger partial charge in [0.05, 0.1) is 11.5 Å². The molecule has 0 bridgehead atoms. The molecule has 0 aliphatic carbocycles. The maximum absolute atomic E-state index is 12.3. The number of nitrogens with two attached hydrogens (primary N) is 1. The number of piperidine rings is 1. The van der Waals surface area contributed by atoms with Crippen LogP contribution in [0.5, 0.6) is 0 Å². The van der Waals surface area contributed by atoms with Crippen LogP contribution in [0.25, 0.3) is 0 Å². The van der Waals surface area contributed by atoms with Crippen molar-refractivity contribution in [3.05, 3.63) is 34.4 Å². The number of rotatable bonds is 5. The van der Waals surface area contributed by atoms with Gasteiger partial charge >= 0.3 is 0 Å². The SMILES string of the molecule is Cl.NCC1CCCCN1C(=O)CNc1ccccc1[N+](=O)[O-]. The summed E-state index contributed by atoms with van der Waals surface area (Å²) in [5.74, 6) is -0.0664. The number of anilines is 1. The van der Waals surface area contributed by atoms with Crippen LogP contribution in [-0.2, 0) is 4.79 Å². The number of halogens is 1.